The molecule has 0 bridgehead atoms. The van der Waals surface area contributed by atoms with Gasteiger partial charge in [0.2, 0.25) is 0 Å². The number of likely N-dealkylation sites (N-methyl/N-ethyl adjacent to an activating group) is 1. The molecule has 4 nitrogen and oxygen atoms in total. The van der Waals surface area contributed by atoms with Crippen molar-refractivity contribution < 1.29 is 0 Å². The van der Waals surface area contributed by atoms with E-state index in [0.717, 1.165) is 48.3 Å². The highest BCUT2D eigenvalue weighted by Crippen LogP contribution is 2.28. The van der Waals surface area contributed by atoms with E-state index < -0.39 is 0 Å². The van der Waals surface area contributed by atoms with E-state index in [9.17, 15) is 0 Å². The van der Waals surface area contributed by atoms with E-state index in [1.807, 2.05) is 24.3 Å². The van der Waals surface area contributed by atoms with Crippen molar-refractivity contribution in [2.24, 2.45) is 0 Å². The number of nitrogens with zero attached hydrogens (tertiary/aromatic N) is 4. The lowest BCUT2D eigenvalue weighted by atomic mass is 10.1. The SMILES string of the molecule is CN1CCN(c2nccnc2-c2ccc(Cl)cc2)CC1. The van der Waals surface area contributed by atoms with Crippen molar-refractivity contribution in [3.63, 3.8) is 0 Å². The molecule has 0 radical (unpaired) electrons. The number of benzene rings is 1. The van der Waals surface area contributed by atoms with E-state index in [4.69, 9.17) is 11.6 Å². The molecular formula is C15H17ClN4. The maximum Gasteiger partial charge on any atom is 0.155 e. The Labute approximate surface area is 124 Å². The lowest BCUT2D eigenvalue weighted by Crippen LogP contribution is -2.45. The second kappa shape index (κ2) is 5.77. The van der Waals surface area contributed by atoms with Crippen molar-refractivity contribution in [2.75, 3.05) is 38.1 Å². The molecule has 20 heavy (non-hydrogen) atoms. The van der Waals surface area contributed by atoms with Crippen LogP contribution in [-0.4, -0.2) is 48.1 Å². The molecule has 0 unspecified atom stereocenters. The fourth-order valence-electron chi connectivity index (χ4n) is 2.39. The largest absolute Gasteiger partial charge is 0.352 e. The van der Waals surface area contributed by atoms with E-state index in [2.05, 4.69) is 26.8 Å². The van der Waals surface area contributed by atoms with Crippen LogP contribution in [0.1, 0.15) is 0 Å². The predicted molar refractivity (Wildman–Crippen MR) is 82.2 cm³/mol. The van der Waals surface area contributed by atoms with Crippen LogP contribution in [0.25, 0.3) is 11.3 Å². The van der Waals surface area contributed by atoms with Crippen molar-refractivity contribution in [3.8, 4) is 11.3 Å². The summed E-state index contributed by atoms with van der Waals surface area (Å²) in [6, 6.07) is 7.76. The number of hydrogen-bond acceptors (Lipinski definition) is 4. The minimum absolute atomic E-state index is 0.735. The van der Waals surface area contributed by atoms with E-state index in [-0.39, 0.29) is 0 Å². The van der Waals surface area contributed by atoms with Gasteiger partial charge < -0.3 is 9.80 Å². The van der Waals surface area contributed by atoms with Gasteiger partial charge in [0.05, 0.1) is 0 Å². The lowest BCUT2D eigenvalue weighted by Gasteiger charge is -2.33. The first kappa shape index (κ1) is 13.3. The Bertz CT molecular complexity index is 577. The number of piperazine rings is 1. The van der Waals surface area contributed by atoms with Gasteiger partial charge in [0, 0.05) is 49.2 Å². The van der Waals surface area contributed by atoms with Crippen molar-refractivity contribution in [1.82, 2.24) is 14.9 Å². The van der Waals surface area contributed by atoms with Crippen LogP contribution in [0.15, 0.2) is 36.7 Å². The third-order valence-corrected chi connectivity index (χ3v) is 3.85. The van der Waals surface area contributed by atoms with Gasteiger partial charge in [-0.05, 0) is 19.2 Å². The summed E-state index contributed by atoms with van der Waals surface area (Å²) in [6.07, 6.45) is 3.50. The molecule has 3 rings (SSSR count). The molecule has 1 fully saturated rings. The summed E-state index contributed by atoms with van der Waals surface area (Å²) < 4.78 is 0. The van der Waals surface area contributed by atoms with E-state index in [1.165, 1.54) is 0 Å². The third kappa shape index (κ3) is 2.76. The molecule has 1 saturated heterocycles. The van der Waals surface area contributed by atoms with E-state index in [0.29, 0.717) is 0 Å². The molecule has 1 aliphatic heterocycles. The van der Waals surface area contributed by atoms with Crippen LogP contribution < -0.4 is 4.90 Å². The van der Waals surface area contributed by atoms with Crippen molar-refractivity contribution in [1.29, 1.82) is 0 Å². The van der Waals surface area contributed by atoms with Crippen molar-refractivity contribution in [2.45, 2.75) is 0 Å². The van der Waals surface area contributed by atoms with Crippen LogP contribution in [0.3, 0.4) is 0 Å². The summed E-state index contributed by atoms with van der Waals surface area (Å²) in [5, 5.41) is 0.735. The maximum atomic E-state index is 5.95. The van der Waals surface area contributed by atoms with Gasteiger partial charge in [-0.3, -0.25) is 4.98 Å². The molecule has 1 aromatic heterocycles. The quantitative estimate of drug-likeness (QED) is 0.850. The first-order valence-electron chi connectivity index (χ1n) is 6.74. The first-order chi connectivity index (χ1) is 9.74. The van der Waals surface area contributed by atoms with Crippen LogP contribution in [0.4, 0.5) is 5.82 Å². The highest BCUT2D eigenvalue weighted by Gasteiger charge is 2.19. The zero-order valence-electron chi connectivity index (χ0n) is 11.5. The molecule has 0 amide bonds. The standard InChI is InChI=1S/C15H17ClN4/c1-19-8-10-20(11-9-19)15-14(17-6-7-18-15)12-2-4-13(16)5-3-12/h2-7H,8-11H2,1H3. The number of anilines is 1. The Balaban J connectivity index is 1.94. The van der Waals surface area contributed by atoms with Gasteiger partial charge in [0.1, 0.15) is 5.69 Å². The molecule has 2 heterocycles. The summed E-state index contributed by atoms with van der Waals surface area (Å²) in [6.45, 7) is 4.07. The zero-order chi connectivity index (χ0) is 13.9. The van der Waals surface area contributed by atoms with Gasteiger partial charge in [0.25, 0.3) is 0 Å². The van der Waals surface area contributed by atoms with Gasteiger partial charge in [-0.2, -0.15) is 0 Å². The molecule has 2 aromatic rings. The van der Waals surface area contributed by atoms with Gasteiger partial charge in [-0.1, -0.05) is 23.7 Å². The Kier molecular flexibility index (Phi) is 3.85. The van der Waals surface area contributed by atoms with Crippen LogP contribution >= 0.6 is 11.6 Å². The molecular weight excluding hydrogens is 272 g/mol. The number of halogens is 1. The first-order valence-corrected chi connectivity index (χ1v) is 7.12. The summed E-state index contributed by atoms with van der Waals surface area (Å²) in [4.78, 5) is 13.7. The topological polar surface area (TPSA) is 32.3 Å². The molecule has 0 saturated carbocycles. The number of hydrogen-bond donors (Lipinski definition) is 0. The molecule has 5 heteroatoms. The molecule has 0 atom stereocenters. The predicted octanol–water partition coefficient (Wildman–Crippen LogP) is 2.55. The highest BCUT2D eigenvalue weighted by molar-refractivity contribution is 6.30. The van der Waals surface area contributed by atoms with E-state index >= 15 is 0 Å². The molecule has 104 valence electrons. The van der Waals surface area contributed by atoms with Crippen LogP contribution in [0.2, 0.25) is 5.02 Å². The summed E-state index contributed by atoms with van der Waals surface area (Å²) in [5.41, 5.74) is 1.98. The average molecular weight is 289 g/mol. The second-order valence-electron chi connectivity index (χ2n) is 5.03. The van der Waals surface area contributed by atoms with E-state index in [1.54, 1.807) is 12.4 Å². The minimum atomic E-state index is 0.735. The van der Waals surface area contributed by atoms with Gasteiger partial charge >= 0.3 is 0 Å². The second-order valence-corrected chi connectivity index (χ2v) is 5.46. The summed E-state index contributed by atoms with van der Waals surface area (Å²) in [7, 11) is 2.15. The third-order valence-electron chi connectivity index (χ3n) is 3.60. The van der Waals surface area contributed by atoms with Crippen LogP contribution in [0.5, 0.6) is 0 Å². The number of aromatic nitrogens is 2. The average Bonchev–Trinajstić information content (AvgIpc) is 2.49. The fourth-order valence-corrected chi connectivity index (χ4v) is 2.52. The lowest BCUT2D eigenvalue weighted by molar-refractivity contribution is 0.312. The maximum absolute atomic E-state index is 5.95. The Hall–Kier alpha value is -1.65. The van der Waals surface area contributed by atoms with Gasteiger partial charge in [-0.25, -0.2) is 4.98 Å². The Morgan fingerprint density at radius 2 is 1.60 bits per heavy atom. The summed E-state index contributed by atoms with van der Waals surface area (Å²) >= 11 is 5.95. The normalized spacial score (nSPS) is 16.4. The monoisotopic (exact) mass is 288 g/mol. The van der Waals surface area contributed by atoms with Crippen molar-refractivity contribution >= 4 is 17.4 Å². The molecule has 1 aromatic carbocycles. The van der Waals surface area contributed by atoms with Crippen molar-refractivity contribution in [3.05, 3.63) is 41.7 Å². The number of rotatable bonds is 2. The smallest absolute Gasteiger partial charge is 0.155 e. The Morgan fingerprint density at radius 3 is 2.30 bits per heavy atom. The molecule has 0 N–H and O–H groups in total. The minimum Gasteiger partial charge on any atom is -0.352 e. The molecule has 0 aliphatic carbocycles. The fraction of sp³-hybridized carbons (Fsp3) is 0.333. The molecule has 1 aliphatic rings. The zero-order valence-corrected chi connectivity index (χ0v) is 12.2. The molecule has 0 spiro atoms. The van der Waals surface area contributed by atoms with Crippen LogP contribution in [0, 0.1) is 0 Å². The van der Waals surface area contributed by atoms with Gasteiger partial charge in [0.15, 0.2) is 5.82 Å². The van der Waals surface area contributed by atoms with Gasteiger partial charge in [-0.15, -0.1) is 0 Å². The summed E-state index contributed by atoms with van der Waals surface area (Å²) in [5.74, 6) is 0.961. The van der Waals surface area contributed by atoms with Crippen LogP contribution in [-0.2, 0) is 0 Å². The Morgan fingerprint density at radius 1 is 0.950 bits per heavy atom. The highest BCUT2D eigenvalue weighted by atomic mass is 35.5.